The van der Waals surface area contributed by atoms with Crippen LogP contribution in [0.15, 0.2) is 60.8 Å². The van der Waals surface area contributed by atoms with E-state index in [1.807, 2.05) is 61.5 Å². The first-order valence-electron chi connectivity index (χ1n) is 7.88. The van der Waals surface area contributed by atoms with Crippen molar-refractivity contribution >= 4 is 11.6 Å². The fourth-order valence-electron chi connectivity index (χ4n) is 2.90. The summed E-state index contributed by atoms with van der Waals surface area (Å²) >= 11 is 0. The minimum absolute atomic E-state index is 0.151. The van der Waals surface area contributed by atoms with Crippen molar-refractivity contribution in [3.05, 3.63) is 72.1 Å². The van der Waals surface area contributed by atoms with E-state index in [4.69, 9.17) is 4.74 Å². The number of amides is 1. The zero-order chi connectivity index (χ0) is 16.5. The van der Waals surface area contributed by atoms with Crippen molar-refractivity contribution in [3.8, 4) is 11.4 Å². The number of anilines is 1. The third-order valence-corrected chi connectivity index (χ3v) is 4.21. The Morgan fingerprint density at radius 1 is 1.17 bits per heavy atom. The van der Waals surface area contributed by atoms with Crippen LogP contribution in [0.4, 0.5) is 5.69 Å². The van der Waals surface area contributed by atoms with Crippen LogP contribution in [-0.4, -0.2) is 21.8 Å². The molecule has 2 heterocycles. The van der Waals surface area contributed by atoms with Gasteiger partial charge in [-0.3, -0.25) is 4.79 Å². The number of ether oxygens (including phenoxy) is 1. The van der Waals surface area contributed by atoms with E-state index in [0.29, 0.717) is 12.1 Å². The zero-order valence-electron chi connectivity index (χ0n) is 13.3. The van der Waals surface area contributed by atoms with Crippen molar-refractivity contribution in [3.63, 3.8) is 0 Å². The number of fused-ring (bicyclic) bond motifs is 1. The Morgan fingerprint density at radius 3 is 2.71 bits per heavy atom. The number of carbonyl (C=O) groups is 1. The minimum Gasteiger partial charge on any atom is -0.480 e. The average Bonchev–Trinajstić information content (AvgIpc) is 3.20. The molecule has 0 fully saturated rings. The van der Waals surface area contributed by atoms with Gasteiger partial charge in [0, 0.05) is 6.42 Å². The second kappa shape index (κ2) is 5.85. The maximum Gasteiger partial charge on any atom is 0.265 e. The molecule has 0 aliphatic carbocycles. The van der Waals surface area contributed by atoms with E-state index in [-0.39, 0.29) is 5.91 Å². The predicted molar refractivity (Wildman–Crippen MR) is 91.5 cm³/mol. The molecule has 3 aromatic rings. The maximum atomic E-state index is 12.5. The molecule has 0 saturated heterocycles. The number of carbonyl (C=O) groups excluding carboxylic acids is 1. The van der Waals surface area contributed by atoms with Crippen LogP contribution in [-0.2, 0) is 11.2 Å². The summed E-state index contributed by atoms with van der Waals surface area (Å²) in [6.07, 6.45) is 1.76. The number of hydrogen-bond acceptors (Lipinski definition) is 3. The van der Waals surface area contributed by atoms with Crippen LogP contribution in [0.3, 0.4) is 0 Å². The van der Waals surface area contributed by atoms with Crippen LogP contribution >= 0.6 is 0 Å². The number of rotatable bonds is 3. The largest absolute Gasteiger partial charge is 0.480 e. The van der Waals surface area contributed by atoms with Gasteiger partial charge in [-0.2, -0.15) is 5.10 Å². The molecule has 120 valence electrons. The molecule has 5 nitrogen and oxygen atoms in total. The lowest BCUT2D eigenvalue weighted by Crippen LogP contribution is -2.31. The van der Waals surface area contributed by atoms with Gasteiger partial charge >= 0.3 is 0 Å². The Kier molecular flexibility index (Phi) is 3.54. The minimum atomic E-state index is -0.498. The summed E-state index contributed by atoms with van der Waals surface area (Å²) in [5, 5.41) is 7.30. The van der Waals surface area contributed by atoms with Crippen molar-refractivity contribution in [1.82, 2.24) is 9.78 Å². The molecule has 0 spiro atoms. The molecule has 4 rings (SSSR count). The Bertz CT molecular complexity index is 862. The van der Waals surface area contributed by atoms with E-state index in [1.54, 1.807) is 10.9 Å². The average molecular weight is 319 g/mol. The van der Waals surface area contributed by atoms with Crippen LogP contribution in [0, 0.1) is 6.92 Å². The highest BCUT2D eigenvalue weighted by Crippen LogP contribution is 2.29. The molecule has 1 aliphatic rings. The highest BCUT2D eigenvalue weighted by atomic mass is 16.5. The monoisotopic (exact) mass is 319 g/mol. The molecule has 1 aliphatic heterocycles. The Morgan fingerprint density at radius 2 is 1.92 bits per heavy atom. The van der Waals surface area contributed by atoms with Gasteiger partial charge in [0.05, 0.1) is 23.3 Å². The molecule has 2 aromatic carbocycles. The molecule has 0 bridgehead atoms. The molecule has 5 heteroatoms. The van der Waals surface area contributed by atoms with Crippen LogP contribution in [0.2, 0.25) is 0 Å². The Balaban J connectivity index is 1.51. The van der Waals surface area contributed by atoms with E-state index in [1.165, 1.54) is 0 Å². The summed E-state index contributed by atoms with van der Waals surface area (Å²) in [5.41, 5.74) is 3.60. The Labute approximate surface area is 139 Å². The number of aromatic nitrogens is 2. The molecular weight excluding hydrogens is 302 g/mol. The molecule has 1 amide bonds. The number of nitrogens with zero attached hydrogens (tertiary/aromatic N) is 2. The van der Waals surface area contributed by atoms with Gasteiger partial charge in [0.2, 0.25) is 0 Å². The summed E-state index contributed by atoms with van der Waals surface area (Å²) in [5.74, 6) is 0.635. The van der Waals surface area contributed by atoms with Crippen molar-refractivity contribution in [2.75, 3.05) is 5.32 Å². The number of para-hydroxylation sites is 2. The standard InChI is InChI=1S/C19H17N3O2/c1-13-16(12-20-22(13)15-8-3-2-4-9-15)21-19(23)18-11-14-7-5-6-10-17(14)24-18/h2-10,12,18H,11H2,1H3,(H,21,23)/t18-/m1/s1. The van der Waals surface area contributed by atoms with Crippen molar-refractivity contribution < 1.29 is 9.53 Å². The van der Waals surface area contributed by atoms with Gasteiger partial charge in [-0.1, -0.05) is 36.4 Å². The lowest BCUT2D eigenvalue weighted by Gasteiger charge is -2.11. The molecule has 0 unspecified atom stereocenters. The summed E-state index contributed by atoms with van der Waals surface area (Å²) in [6, 6.07) is 17.6. The van der Waals surface area contributed by atoms with Gasteiger partial charge in [-0.15, -0.1) is 0 Å². The molecule has 0 radical (unpaired) electrons. The molecule has 0 saturated carbocycles. The van der Waals surface area contributed by atoms with E-state index >= 15 is 0 Å². The number of nitrogens with one attached hydrogen (secondary N) is 1. The topological polar surface area (TPSA) is 56.1 Å². The molecule has 1 atom stereocenters. The highest BCUT2D eigenvalue weighted by Gasteiger charge is 2.29. The van der Waals surface area contributed by atoms with Crippen molar-refractivity contribution in [2.45, 2.75) is 19.4 Å². The quantitative estimate of drug-likeness (QED) is 0.807. The van der Waals surface area contributed by atoms with Crippen LogP contribution in [0.5, 0.6) is 5.75 Å². The van der Waals surface area contributed by atoms with E-state index in [2.05, 4.69) is 10.4 Å². The van der Waals surface area contributed by atoms with E-state index in [9.17, 15) is 4.79 Å². The Hall–Kier alpha value is -3.08. The SMILES string of the molecule is Cc1c(NC(=O)[C@H]2Cc3ccccc3O2)cnn1-c1ccccc1. The predicted octanol–water partition coefficient (Wildman–Crippen LogP) is 3.12. The van der Waals surface area contributed by atoms with Gasteiger partial charge in [0.1, 0.15) is 5.75 Å². The third kappa shape index (κ3) is 2.54. The van der Waals surface area contributed by atoms with Gasteiger partial charge in [0.25, 0.3) is 5.91 Å². The summed E-state index contributed by atoms with van der Waals surface area (Å²) < 4.78 is 7.54. The first-order valence-corrected chi connectivity index (χ1v) is 7.88. The summed E-state index contributed by atoms with van der Waals surface area (Å²) in [4.78, 5) is 12.5. The van der Waals surface area contributed by atoms with Crippen LogP contribution in [0.25, 0.3) is 5.69 Å². The number of benzene rings is 2. The van der Waals surface area contributed by atoms with Crippen molar-refractivity contribution in [2.24, 2.45) is 0 Å². The fourth-order valence-corrected chi connectivity index (χ4v) is 2.90. The van der Waals surface area contributed by atoms with Gasteiger partial charge in [-0.25, -0.2) is 4.68 Å². The molecule has 24 heavy (non-hydrogen) atoms. The second-order valence-corrected chi connectivity index (χ2v) is 5.80. The first kappa shape index (κ1) is 14.5. The molecular formula is C19H17N3O2. The smallest absolute Gasteiger partial charge is 0.265 e. The maximum absolute atomic E-state index is 12.5. The number of hydrogen-bond donors (Lipinski definition) is 1. The lowest BCUT2D eigenvalue weighted by molar-refractivity contribution is -0.122. The normalized spacial score (nSPS) is 15.6. The van der Waals surface area contributed by atoms with Gasteiger partial charge in [-0.05, 0) is 30.7 Å². The van der Waals surface area contributed by atoms with Crippen LogP contribution < -0.4 is 10.1 Å². The second-order valence-electron chi connectivity index (χ2n) is 5.80. The molecule has 1 aromatic heterocycles. The highest BCUT2D eigenvalue weighted by molar-refractivity contribution is 5.95. The van der Waals surface area contributed by atoms with Gasteiger partial charge < -0.3 is 10.1 Å². The van der Waals surface area contributed by atoms with Gasteiger partial charge in [0.15, 0.2) is 6.10 Å². The molecule has 1 N–H and O–H groups in total. The van der Waals surface area contributed by atoms with E-state index < -0.39 is 6.10 Å². The summed E-state index contributed by atoms with van der Waals surface area (Å²) in [6.45, 7) is 1.93. The fraction of sp³-hybridized carbons (Fsp3) is 0.158. The van der Waals surface area contributed by atoms with Crippen LogP contribution in [0.1, 0.15) is 11.3 Å². The van der Waals surface area contributed by atoms with Crippen molar-refractivity contribution in [1.29, 1.82) is 0 Å². The lowest BCUT2D eigenvalue weighted by atomic mass is 10.1. The zero-order valence-corrected chi connectivity index (χ0v) is 13.3. The first-order chi connectivity index (χ1) is 11.7. The van der Waals surface area contributed by atoms with E-state index in [0.717, 1.165) is 22.7 Å². The third-order valence-electron chi connectivity index (χ3n) is 4.21. The summed E-state index contributed by atoms with van der Waals surface area (Å²) in [7, 11) is 0.